The van der Waals surface area contributed by atoms with Crippen LogP contribution in [0.2, 0.25) is 0 Å². The number of pyridine rings is 1. The first-order chi connectivity index (χ1) is 6.86. The highest BCUT2D eigenvalue weighted by Gasteiger charge is 2.03. The first-order valence-corrected chi connectivity index (χ1v) is 4.98. The molecule has 1 heterocycles. The molecular weight excluding hydrogens is 176 g/mol. The summed E-state index contributed by atoms with van der Waals surface area (Å²) < 4.78 is 5.11. The number of aromatic nitrogens is 1. The standard InChI is InChI=1S/C11H18N2O/c1-3-11(9-14-2)13-8-10-4-6-12-7-5-10/h4-7,11,13H,3,8-9H2,1-2H3. The fourth-order valence-corrected chi connectivity index (χ4v) is 1.29. The number of ether oxygens (including phenoxy) is 1. The van der Waals surface area contributed by atoms with Gasteiger partial charge in [-0.05, 0) is 24.1 Å². The van der Waals surface area contributed by atoms with Gasteiger partial charge in [-0.25, -0.2) is 0 Å². The lowest BCUT2D eigenvalue weighted by atomic mass is 10.2. The molecule has 3 heteroatoms. The molecule has 0 aliphatic heterocycles. The van der Waals surface area contributed by atoms with Crippen LogP contribution in [-0.2, 0) is 11.3 Å². The molecule has 0 fully saturated rings. The zero-order chi connectivity index (χ0) is 10.2. The Balaban J connectivity index is 2.32. The smallest absolute Gasteiger partial charge is 0.0615 e. The maximum absolute atomic E-state index is 5.11. The minimum absolute atomic E-state index is 0.438. The molecule has 0 radical (unpaired) electrons. The number of nitrogens with one attached hydrogen (secondary N) is 1. The van der Waals surface area contributed by atoms with Crippen LogP contribution in [0.15, 0.2) is 24.5 Å². The van der Waals surface area contributed by atoms with E-state index in [2.05, 4.69) is 17.2 Å². The van der Waals surface area contributed by atoms with Crippen molar-refractivity contribution in [1.82, 2.24) is 10.3 Å². The Kier molecular flexibility index (Phi) is 5.19. The van der Waals surface area contributed by atoms with E-state index < -0.39 is 0 Å². The lowest BCUT2D eigenvalue weighted by molar-refractivity contribution is 0.164. The van der Waals surface area contributed by atoms with Gasteiger partial charge in [0.2, 0.25) is 0 Å². The maximum atomic E-state index is 5.11. The summed E-state index contributed by atoms with van der Waals surface area (Å²) in [5.74, 6) is 0. The van der Waals surface area contributed by atoms with Crippen LogP contribution in [0, 0.1) is 0 Å². The monoisotopic (exact) mass is 194 g/mol. The van der Waals surface area contributed by atoms with E-state index in [1.54, 1.807) is 7.11 Å². The second-order valence-corrected chi connectivity index (χ2v) is 3.30. The Morgan fingerprint density at radius 3 is 2.71 bits per heavy atom. The highest BCUT2D eigenvalue weighted by Crippen LogP contribution is 1.98. The lowest BCUT2D eigenvalue weighted by Gasteiger charge is -2.15. The van der Waals surface area contributed by atoms with Crippen molar-refractivity contribution in [1.29, 1.82) is 0 Å². The molecule has 1 aromatic heterocycles. The Hall–Kier alpha value is -0.930. The number of nitrogens with zero attached hydrogens (tertiary/aromatic N) is 1. The molecule has 0 amide bonds. The van der Waals surface area contributed by atoms with E-state index in [4.69, 9.17) is 4.74 Å². The van der Waals surface area contributed by atoms with Gasteiger partial charge in [-0.2, -0.15) is 0 Å². The van der Waals surface area contributed by atoms with Crippen molar-refractivity contribution in [2.45, 2.75) is 25.9 Å². The molecule has 0 saturated carbocycles. The molecule has 1 rings (SSSR count). The van der Waals surface area contributed by atoms with Crippen LogP contribution in [0.3, 0.4) is 0 Å². The molecule has 0 aliphatic carbocycles. The molecule has 14 heavy (non-hydrogen) atoms. The molecule has 0 spiro atoms. The van der Waals surface area contributed by atoms with Crippen LogP contribution >= 0.6 is 0 Å². The summed E-state index contributed by atoms with van der Waals surface area (Å²) in [4.78, 5) is 3.98. The van der Waals surface area contributed by atoms with E-state index in [-0.39, 0.29) is 0 Å². The molecule has 0 bridgehead atoms. The molecular formula is C11H18N2O. The van der Waals surface area contributed by atoms with Crippen molar-refractivity contribution in [2.24, 2.45) is 0 Å². The van der Waals surface area contributed by atoms with Crippen molar-refractivity contribution in [3.63, 3.8) is 0 Å². The third-order valence-electron chi connectivity index (χ3n) is 2.20. The van der Waals surface area contributed by atoms with Crippen LogP contribution < -0.4 is 5.32 Å². The zero-order valence-electron chi connectivity index (χ0n) is 8.86. The van der Waals surface area contributed by atoms with Gasteiger partial charge in [0, 0.05) is 32.1 Å². The van der Waals surface area contributed by atoms with Gasteiger partial charge in [0.05, 0.1) is 6.61 Å². The van der Waals surface area contributed by atoms with Gasteiger partial charge in [0.1, 0.15) is 0 Å². The van der Waals surface area contributed by atoms with Gasteiger partial charge in [-0.3, -0.25) is 4.98 Å². The van der Waals surface area contributed by atoms with Gasteiger partial charge in [0.15, 0.2) is 0 Å². The molecule has 1 aromatic rings. The third kappa shape index (κ3) is 3.85. The molecule has 78 valence electrons. The van der Waals surface area contributed by atoms with Gasteiger partial charge >= 0.3 is 0 Å². The second kappa shape index (κ2) is 6.51. The van der Waals surface area contributed by atoms with E-state index in [9.17, 15) is 0 Å². The second-order valence-electron chi connectivity index (χ2n) is 3.30. The summed E-state index contributed by atoms with van der Waals surface area (Å²) in [6.45, 7) is 3.80. The van der Waals surface area contributed by atoms with Gasteiger partial charge < -0.3 is 10.1 Å². The number of hydrogen-bond donors (Lipinski definition) is 1. The quantitative estimate of drug-likeness (QED) is 0.747. The molecule has 0 aromatic carbocycles. The first kappa shape index (κ1) is 11.1. The van der Waals surface area contributed by atoms with Crippen LogP contribution in [0.4, 0.5) is 0 Å². The number of rotatable bonds is 6. The first-order valence-electron chi connectivity index (χ1n) is 4.98. The molecule has 1 atom stereocenters. The minimum Gasteiger partial charge on any atom is -0.383 e. The van der Waals surface area contributed by atoms with Gasteiger partial charge in [-0.1, -0.05) is 6.92 Å². The summed E-state index contributed by atoms with van der Waals surface area (Å²) in [7, 11) is 1.73. The largest absolute Gasteiger partial charge is 0.383 e. The average Bonchev–Trinajstić information content (AvgIpc) is 2.25. The average molecular weight is 194 g/mol. The van der Waals surface area contributed by atoms with E-state index >= 15 is 0 Å². The zero-order valence-corrected chi connectivity index (χ0v) is 8.86. The Morgan fingerprint density at radius 2 is 2.14 bits per heavy atom. The fraction of sp³-hybridized carbons (Fsp3) is 0.545. The highest BCUT2D eigenvalue weighted by molar-refractivity contribution is 5.09. The van der Waals surface area contributed by atoms with E-state index in [1.807, 2.05) is 24.5 Å². The normalized spacial score (nSPS) is 12.7. The predicted octanol–water partition coefficient (Wildman–Crippen LogP) is 1.60. The molecule has 0 saturated heterocycles. The summed E-state index contributed by atoms with van der Waals surface area (Å²) in [6, 6.07) is 4.48. The Labute approximate surface area is 85.5 Å². The Morgan fingerprint density at radius 1 is 1.43 bits per heavy atom. The topological polar surface area (TPSA) is 34.1 Å². The van der Waals surface area contributed by atoms with Crippen molar-refractivity contribution in [2.75, 3.05) is 13.7 Å². The van der Waals surface area contributed by atoms with Crippen molar-refractivity contribution in [3.05, 3.63) is 30.1 Å². The summed E-state index contributed by atoms with van der Waals surface area (Å²) in [5, 5.41) is 3.43. The van der Waals surface area contributed by atoms with Crippen LogP contribution in [0.5, 0.6) is 0 Å². The summed E-state index contributed by atoms with van der Waals surface area (Å²) in [6.07, 6.45) is 4.71. The molecule has 0 aliphatic rings. The summed E-state index contributed by atoms with van der Waals surface area (Å²) in [5.41, 5.74) is 1.26. The number of hydrogen-bond acceptors (Lipinski definition) is 3. The van der Waals surface area contributed by atoms with Crippen molar-refractivity contribution < 1.29 is 4.74 Å². The predicted molar refractivity (Wildman–Crippen MR) is 57.0 cm³/mol. The van der Waals surface area contributed by atoms with E-state index in [0.29, 0.717) is 6.04 Å². The summed E-state index contributed by atoms with van der Waals surface area (Å²) >= 11 is 0. The number of methoxy groups -OCH3 is 1. The van der Waals surface area contributed by atoms with E-state index in [1.165, 1.54) is 5.56 Å². The lowest BCUT2D eigenvalue weighted by Crippen LogP contribution is -2.31. The SMILES string of the molecule is CCC(COC)NCc1ccncc1. The Bertz CT molecular complexity index is 238. The third-order valence-corrected chi connectivity index (χ3v) is 2.20. The maximum Gasteiger partial charge on any atom is 0.0615 e. The van der Waals surface area contributed by atoms with Crippen LogP contribution in [0.1, 0.15) is 18.9 Å². The highest BCUT2D eigenvalue weighted by atomic mass is 16.5. The van der Waals surface area contributed by atoms with Crippen LogP contribution in [0.25, 0.3) is 0 Å². The molecule has 1 N–H and O–H groups in total. The van der Waals surface area contributed by atoms with Crippen molar-refractivity contribution >= 4 is 0 Å². The van der Waals surface area contributed by atoms with Crippen molar-refractivity contribution in [3.8, 4) is 0 Å². The fourth-order valence-electron chi connectivity index (χ4n) is 1.29. The molecule has 3 nitrogen and oxygen atoms in total. The van der Waals surface area contributed by atoms with Crippen LogP contribution in [-0.4, -0.2) is 24.7 Å². The van der Waals surface area contributed by atoms with Gasteiger partial charge in [0.25, 0.3) is 0 Å². The minimum atomic E-state index is 0.438. The van der Waals surface area contributed by atoms with Gasteiger partial charge in [-0.15, -0.1) is 0 Å². The molecule has 1 unspecified atom stereocenters. The van der Waals surface area contributed by atoms with E-state index in [0.717, 1.165) is 19.6 Å².